The largest absolute Gasteiger partial charge is 0.466 e. The second-order valence-electron chi connectivity index (χ2n) is 3.83. The summed E-state index contributed by atoms with van der Waals surface area (Å²) in [6.45, 7) is 1.88. The fraction of sp³-hybridized carbons (Fsp3) is 0.417. The highest BCUT2D eigenvalue weighted by Gasteiger charge is 2.15. The Labute approximate surface area is 115 Å². The molecule has 0 aromatic heterocycles. The van der Waals surface area contributed by atoms with Crippen molar-refractivity contribution in [3.63, 3.8) is 0 Å². The van der Waals surface area contributed by atoms with E-state index in [9.17, 15) is 18.0 Å². The third kappa shape index (κ3) is 5.48. The molecule has 19 heavy (non-hydrogen) atoms. The van der Waals surface area contributed by atoms with Gasteiger partial charge in [0.25, 0.3) is 0 Å². The summed E-state index contributed by atoms with van der Waals surface area (Å²) < 4.78 is 43.6. The van der Waals surface area contributed by atoms with Gasteiger partial charge in [0.1, 0.15) is 5.82 Å². The number of esters is 1. The molecule has 7 heteroatoms. The summed E-state index contributed by atoms with van der Waals surface area (Å²) in [5.41, 5.74) is 5.55. The number of benzene rings is 1. The highest BCUT2D eigenvalue weighted by Crippen LogP contribution is 2.15. The van der Waals surface area contributed by atoms with Crippen molar-refractivity contribution in [3.8, 4) is 0 Å². The maximum Gasteiger partial charge on any atom is 0.307 e. The lowest BCUT2D eigenvalue weighted by molar-refractivity contribution is -0.143. The predicted molar refractivity (Wildman–Crippen MR) is 66.5 cm³/mol. The number of hydrogen-bond donors (Lipinski definition) is 1. The van der Waals surface area contributed by atoms with Crippen LogP contribution in [0.15, 0.2) is 12.1 Å². The first-order valence-corrected chi connectivity index (χ1v) is 5.48. The number of rotatable bonds is 5. The van der Waals surface area contributed by atoms with Gasteiger partial charge in [-0.2, -0.15) is 0 Å². The molecule has 1 aromatic rings. The van der Waals surface area contributed by atoms with Gasteiger partial charge in [0.15, 0.2) is 11.6 Å². The molecular formula is C12H15ClF3NO2. The minimum atomic E-state index is -1.25. The molecule has 1 rings (SSSR count). The van der Waals surface area contributed by atoms with Gasteiger partial charge in [0.2, 0.25) is 0 Å². The molecule has 0 spiro atoms. The van der Waals surface area contributed by atoms with Gasteiger partial charge in [-0.1, -0.05) is 0 Å². The van der Waals surface area contributed by atoms with Gasteiger partial charge in [0.05, 0.1) is 13.0 Å². The lowest BCUT2D eigenvalue weighted by Crippen LogP contribution is -2.27. The molecule has 1 unspecified atom stereocenters. The average Bonchev–Trinajstić information content (AvgIpc) is 2.26. The number of carbonyl (C=O) groups is 1. The molecule has 0 radical (unpaired) electrons. The van der Waals surface area contributed by atoms with E-state index in [0.29, 0.717) is 6.07 Å². The lowest BCUT2D eigenvalue weighted by Gasteiger charge is -2.11. The minimum absolute atomic E-state index is 0. The summed E-state index contributed by atoms with van der Waals surface area (Å²) in [6.07, 6.45) is -0.172. The zero-order valence-corrected chi connectivity index (χ0v) is 11.1. The van der Waals surface area contributed by atoms with E-state index in [1.54, 1.807) is 6.92 Å². The first kappa shape index (κ1) is 17.7. The van der Waals surface area contributed by atoms with Crippen LogP contribution in [0.2, 0.25) is 0 Å². The van der Waals surface area contributed by atoms with E-state index in [2.05, 4.69) is 4.74 Å². The Hall–Kier alpha value is -1.27. The molecule has 0 aliphatic heterocycles. The van der Waals surface area contributed by atoms with Gasteiger partial charge in [0, 0.05) is 12.1 Å². The van der Waals surface area contributed by atoms with E-state index in [-0.39, 0.29) is 37.4 Å². The smallest absolute Gasteiger partial charge is 0.307 e. The van der Waals surface area contributed by atoms with E-state index < -0.39 is 29.5 Å². The summed E-state index contributed by atoms with van der Waals surface area (Å²) in [4.78, 5) is 11.1. The zero-order valence-electron chi connectivity index (χ0n) is 10.3. The first-order valence-electron chi connectivity index (χ1n) is 5.48. The van der Waals surface area contributed by atoms with E-state index in [4.69, 9.17) is 5.73 Å². The van der Waals surface area contributed by atoms with Crippen molar-refractivity contribution >= 4 is 18.4 Å². The Morgan fingerprint density at radius 2 is 1.84 bits per heavy atom. The Balaban J connectivity index is 0.00000324. The van der Waals surface area contributed by atoms with Crippen LogP contribution in [0.5, 0.6) is 0 Å². The first-order chi connectivity index (χ1) is 8.43. The van der Waals surface area contributed by atoms with Crippen molar-refractivity contribution in [1.82, 2.24) is 0 Å². The number of nitrogens with two attached hydrogens (primary N) is 1. The summed E-state index contributed by atoms with van der Waals surface area (Å²) in [5, 5.41) is 0. The number of hydrogen-bond acceptors (Lipinski definition) is 3. The van der Waals surface area contributed by atoms with Crippen molar-refractivity contribution in [3.05, 3.63) is 35.1 Å². The van der Waals surface area contributed by atoms with Crippen LogP contribution in [0.25, 0.3) is 0 Å². The third-order valence-electron chi connectivity index (χ3n) is 2.31. The van der Waals surface area contributed by atoms with Crippen molar-refractivity contribution < 1.29 is 22.7 Å². The van der Waals surface area contributed by atoms with Crippen molar-refractivity contribution in [1.29, 1.82) is 0 Å². The summed E-state index contributed by atoms with van der Waals surface area (Å²) in [6, 6.07) is 0.501. The molecule has 0 saturated heterocycles. The number of carbonyl (C=O) groups excluding carboxylic acids is 1. The van der Waals surface area contributed by atoms with E-state index in [1.165, 1.54) is 0 Å². The van der Waals surface area contributed by atoms with Crippen molar-refractivity contribution in [2.24, 2.45) is 5.73 Å². The SMILES string of the molecule is CCOC(=O)CC(N)Cc1cc(F)c(F)cc1F.Cl. The fourth-order valence-corrected chi connectivity index (χ4v) is 1.51. The van der Waals surface area contributed by atoms with Crippen molar-refractivity contribution in [2.45, 2.75) is 25.8 Å². The summed E-state index contributed by atoms with van der Waals surface area (Å²) >= 11 is 0. The maximum atomic E-state index is 13.3. The van der Waals surface area contributed by atoms with Crippen LogP contribution in [0.4, 0.5) is 13.2 Å². The average molecular weight is 298 g/mol. The van der Waals surface area contributed by atoms with Gasteiger partial charge in [-0.15, -0.1) is 12.4 Å². The second-order valence-corrected chi connectivity index (χ2v) is 3.83. The van der Waals surface area contributed by atoms with Crippen LogP contribution >= 0.6 is 12.4 Å². The Bertz CT molecular complexity index is 443. The van der Waals surface area contributed by atoms with E-state index in [0.717, 1.165) is 6.07 Å². The number of ether oxygens (including phenoxy) is 1. The lowest BCUT2D eigenvalue weighted by atomic mass is 10.0. The quantitative estimate of drug-likeness (QED) is 0.670. The Morgan fingerprint density at radius 3 is 2.42 bits per heavy atom. The molecule has 1 aromatic carbocycles. The monoisotopic (exact) mass is 297 g/mol. The fourth-order valence-electron chi connectivity index (χ4n) is 1.51. The van der Waals surface area contributed by atoms with Crippen molar-refractivity contribution in [2.75, 3.05) is 6.61 Å². The molecule has 0 saturated carbocycles. The topological polar surface area (TPSA) is 52.3 Å². The molecule has 0 fully saturated rings. The van der Waals surface area contributed by atoms with Gasteiger partial charge >= 0.3 is 5.97 Å². The van der Waals surface area contributed by atoms with Gasteiger partial charge in [-0.05, 0) is 25.0 Å². The molecule has 1 atom stereocenters. The van der Waals surface area contributed by atoms with Gasteiger partial charge in [-0.25, -0.2) is 13.2 Å². The van der Waals surface area contributed by atoms with Crippen LogP contribution < -0.4 is 5.73 Å². The van der Waals surface area contributed by atoms with Gasteiger partial charge in [-0.3, -0.25) is 4.79 Å². The molecule has 0 heterocycles. The molecule has 3 nitrogen and oxygen atoms in total. The minimum Gasteiger partial charge on any atom is -0.466 e. The Morgan fingerprint density at radius 1 is 1.26 bits per heavy atom. The van der Waals surface area contributed by atoms with Crippen LogP contribution in [0.1, 0.15) is 18.9 Å². The Kier molecular flexibility index (Phi) is 7.48. The summed E-state index contributed by atoms with van der Waals surface area (Å²) in [7, 11) is 0. The van der Waals surface area contributed by atoms with E-state index >= 15 is 0 Å². The van der Waals surface area contributed by atoms with E-state index in [1.807, 2.05) is 0 Å². The normalized spacial score (nSPS) is 11.6. The predicted octanol–water partition coefficient (Wildman–Crippen LogP) is 2.35. The van der Waals surface area contributed by atoms with Crippen LogP contribution in [-0.2, 0) is 16.0 Å². The third-order valence-corrected chi connectivity index (χ3v) is 2.31. The molecule has 0 bridgehead atoms. The maximum absolute atomic E-state index is 13.3. The van der Waals surface area contributed by atoms with Crippen LogP contribution in [0, 0.1) is 17.5 Å². The standard InChI is InChI=1S/C12H14F3NO2.ClH/c1-2-18-12(17)5-8(16)3-7-4-10(14)11(15)6-9(7)13;/h4,6,8H,2-3,5,16H2,1H3;1H. The van der Waals surface area contributed by atoms with Crippen LogP contribution in [0.3, 0.4) is 0 Å². The molecule has 108 valence electrons. The number of halogens is 4. The molecule has 0 aliphatic carbocycles. The van der Waals surface area contributed by atoms with Crippen LogP contribution in [-0.4, -0.2) is 18.6 Å². The highest BCUT2D eigenvalue weighted by molar-refractivity contribution is 5.85. The second kappa shape index (κ2) is 8.01. The highest BCUT2D eigenvalue weighted by atomic mass is 35.5. The van der Waals surface area contributed by atoms with Gasteiger partial charge < -0.3 is 10.5 Å². The molecule has 0 amide bonds. The molecule has 0 aliphatic rings. The zero-order chi connectivity index (χ0) is 13.7. The molecule has 2 N–H and O–H groups in total. The summed E-state index contributed by atoms with van der Waals surface area (Å²) in [5.74, 6) is -3.79. The molecular weight excluding hydrogens is 283 g/mol.